The highest BCUT2D eigenvalue weighted by molar-refractivity contribution is 6.05. The molecule has 0 heterocycles. The fraction of sp³-hybridized carbons (Fsp3) is 0.261. The number of hydrogen-bond acceptors (Lipinski definition) is 7. The number of allylic oxidation sites excluding steroid dienone is 2. The summed E-state index contributed by atoms with van der Waals surface area (Å²) < 4.78 is 32.1. The van der Waals surface area contributed by atoms with Crippen molar-refractivity contribution >= 4 is 17.9 Å². The minimum Gasteiger partial charge on any atom is -0.493 e. The smallest absolute Gasteiger partial charge is 0.203 e. The van der Waals surface area contributed by atoms with E-state index in [1.54, 1.807) is 50.6 Å². The Morgan fingerprint density at radius 2 is 0.933 bits per heavy atom. The van der Waals surface area contributed by atoms with Crippen molar-refractivity contribution in [3.63, 3.8) is 0 Å². The Balaban J connectivity index is 2.28. The maximum Gasteiger partial charge on any atom is 0.203 e. The summed E-state index contributed by atoms with van der Waals surface area (Å²) in [6, 6.07) is 7.06. The third-order valence-electron chi connectivity index (χ3n) is 4.32. The molecule has 30 heavy (non-hydrogen) atoms. The Morgan fingerprint density at radius 1 is 0.567 bits per heavy atom. The predicted molar refractivity (Wildman–Crippen MR) is 115 cm³/mol. The predicted octanol–water partition coefficient (Wildman–Crippen LogP) is 4.03. The van der Waals surface area contributed by atoms with E-state index >= 15 is 0 Å². The van der Waals surface area contributed by atoms with E-state index in [-0.39, 0.29) is 5.78 Å². The van der Waals surface area contributed by atoms with Gasteiger partial charge in [-0.05, 0) is 48.6 Å². The van der Waals surface area contributed by atoms with Crippen molar-refractivity contribution in [3.05, 3.63) is 47.5 Å². The standard InChI is InChI=1S/C23H26O7/c1-25-18-13-9-15(20(27-3)22(18)29-5)7-11-17(24)12-8-16-10-14-19(26-2)23(30-6)21(16)28-4/h7-14H,1-6H3/b11-7+,12-8+. The molecule has 160 valence electrons. The molecule has 0 spiro atoms. The molecular formula is C23H26O7. The van der Waals surface area contributed by atoms with Gasteiger partial charge in [-0.2, -0.15) is 0 Å². The molecular weight excluding hydrogens is 388 g/mol. The van der Waals surface area contributed by atoms with Gasteiger partial charge in [0.2, 0.25) is 11.5 Å². The van der Waals surface area contributed by atoms with Crippen LogP contribution in [0.4, 0.5) is 0 Å². The summed E-state index contributed by atoms with van der Waals surface area (Å²) in [6.07, 6.45) is 6.18. The highest BCUT2D eigenvalue weighted by atomic mass is 16.5. The van der Waals surface area contributed by atoms with Crippen LogP contribution in [0.3, 0.4) is 0 Å². The number of ether oxygens (including phenoxy) is 6. The molecule has 0 aliphatic rings. The number of carbonyl (C=O) groups excluding carboxylic acids is 1. The van der Waals surface area contributed by atoms with Gasteiger partial charge >= 0.3 is 0 Å². The second-order valence-corrected chi connectivity index (χ2v) is 5.92. The van der Waals surface area contributed by atoms with Crippen molar-refractivity contribution in [2.45, 2.75) is 0 Å². The van der Waals surface area contributed by atoms with Crippen LogP contribution in [0.25, 0.3) is 12.2 Å². The molecule has 0 radical (unpaired) electrons. The normalized spacial score (nSPS) is 10.9. The summed E-state index contributed by atoms with van der Waals surface area (Å²) in [5.74, 6) is 2.73. The van der Waals surface area contributed by atoms with Crippen LogP contribution < -0.4 is 28.4 Å². The molecule has 7 nitrogen and oxygen atoms in total. The summed E-state index contributed by atoms with van der Waals surface area (Å²) in [4.78, 5) is 12.4. The van der Waals surface area contributed by atoms with E-state index in [9.17, 15) is 4.79 Å². The van der Waals surface area contributed by atoms with Crippen molar-refractivity contribution in [2.75, 3.05) is 42.7 Å². The summed E-state index contributed by atoms with van der Waals surface area (Å²) in [6.45, 7) is 0. The molecule has 0 saturated carbocycles. The van der Waals surface area contributed by atoms with Gasteiger partial charge in [0, 0.05) is 11.1 Å². The van der Waals surface area contributed by atoms with Crippen LogP contribution in [0.15, 0.2) is 36.4 Å². The van der Waals surface area contributed by atoms with Crippen LogP contribution in [0.1, 0.15) is 11.1 Å². The highest BCUT2D eigenvalue weighted by Gasteiger charge is 2.15. The van der Waals surface area contributed by atoms with Gasteiger partial charge in [-0.1, -0.05) is 0 Å². The number of hydrogen-bond donors (Lipinski definition) is 0. The van der Waals surface area contributed by atoms with E-state index in [0.717, 1.165) is 0 Å². The third-order valence-corrected chi connectivity index (χ3v) is 4.32. The summed E-state index contributed by atoms with van der Waals surface area (Å²) in [7, 11) is 9.20. The monoisotopic (exact) mass is 414 g/mol. The zero-order valence-electron chi connectivity index (χ0n) is 18.0. The highest BCUT2D eigenvalue weighted by Crippen LogP contribution is 2.41. The van der Waals surface area contributed by atoms with Crippen LogP contribution in [0, 0.1) is 0 Å². The molecule has 7 heteroatoms. The number of benzene rings is 2. The number of carbonyl (C=O) groups is 1. The quantitative estimate of drug-likeness (QED) is 0.544. The lowest BCUT2D eigenvalue weighted by Crippen LogP contribution is -1.97. The van der Waals surface area contributed by atoms with Crippen molar-refractivity contribution < 1.29 is 33.2 Å². The van der Waals surface area contributed by atoms with Crippen molar-refractivity contribution in [3.8, 4) is 34.5 Å². The number of rotatable bonds is 10. The Hall–Kier alpha value is -3.61. The zero-order chi connectivity index (χ0) is 22.1. The largest absolute Gasteiger partial charge is 0.493 e. The first-order valence-electron chi connectivity index (χ1n) is 9.02. The van der Waals surface area contributed by atoms with Gasteiger partial charge in [0.15, 0.2) is 28.8 Å². The van der Waals surface area contributed by atoms with Crippen molar-refractivity contribution in [1.29, 1.82) is 0 Å². The van der Waals surface area contributed by atoms with Crippen molar-refractivity contribution in [2.24, 2.45) is 0 Å². The average molecular weight is 414 g/mol. The van der Waals surface area contributed by atoms with Crippen LogP contribution in [-0.4, -0.2) is 48.4 Å². The van der Waals surface area contributed by atoms with Gasteiger partial charge in [-0.15, -0.1) is 0 Å². The molecule has 0 N–H and O–H groups in total. The molecule has 0 bridgehead atoms. The van der Waals surface area contributed by atoms with E-state index in [1.807, 2.05) is 0 Å². The second kappa shape index (κ2) is 10.8. The Bertz CT molecular complexity index is 870. The van der Waals surface area contributed by atoms with E-state index in [1.165, 1.54) is 40.6 Å². The van der Waals surface area contributed by atoms with E-state index < -0.39 is 0 Å². The van der Waals surface area contributed by atoms with Crippen LogP contribution in [-0.2, 0) is 4.79 Å². The van der Waals surface area contributed by atoms with E-state index in [0.29, 0.717) is 45.6 Å². The maximum atomic E-state index is 12.4. The number of ketones is 1. The minimum absolute atomic E-state index is 0.219. The fourth-order valence-electron chi connectivity index (χ4n) is 2.91. The van der Waals surface area contributed by atoms with Gasteiger partial charge in [0.05, 0.1) is 42.7 Å². The second-order valence-electron chi connectivity index (χ2n) is 5.92. The molecule has 0 aliphatic carbocycles. The Kier molecular flexibility index (Phi) is 8.17. The summed E-state index contributed by atoms with van der Waals surface area (Å²) in [5.41, 5.74) is 1.36. The molecule has 0 saturated heterocycles. The molecule has 0 unspecified atom stereocenters. The zero-order valence-corrected chi connectivity index (χ0v) is 18.0. The SMILES string of the molecule is COc1ccc(/C=C/C(=O)/C=C/c2ccc(OC)c(OC)c2OC)c(OC)c1OC. The first-order chi connectivity index (χ1) is 14.5. The van der Waals surface area contributed by atoms with Gasteiger partial charge in [-0.3, -0.25) is 4.79 Å². The van der Waals surface area contributed by atoms with Gasteiger partial charge in [0.1, 0.15) is 0 Å². The topological polar surface area (TPSA) is 72.5 Å². The van der Waals surface area contributed by atoms with Gasteiger partial charge in [-0.25, -0.2) is 0 Å². The molecule has 2 aromatic carbocycles. The molecule has 0 aliphatic heterocycles. The first-order valence-corrected chi connectivity index (χ1v) is 9.02. The van der Waals surface area contributed by atoms with E-state index in [2.05, 4.69) is 0 Å². The average Bonchev–Trinajstić information content (AvgIpc) is 2.79. The Morgan fingerprint density at radius 3 is 1.23 bits per heavy atom. The lowest BCUT2D eigenvalue weighted by molar-refractivity contribution is -0.110. The number of methoxy groups -OCH3 is 6. The summed E-state index contributed by atoms with van der Waals surface area (Å²) >= 11 is 0. The molecule has 2 aromatic rings. The van der Waals surface area contributed by atoms with Crippen LogP contribution >= 0.6 is 0 Å². The minimum atomic E-state index is -0.219. The third kappa shape index (κ3) is 4.86. The lowest BCUT2D eigenvalue weighted by Gasteiger charge is -2.14. The summed E-state index contributed by atoms with van der Waals surface area (Å²) in [5, 5.41) is 0. The Labute approximate surface area is 176 Å². The molecule has 2 rings (SSSR count). The fourth-order valence-corrected chi connectivity index (χ4v) is 2.91. The van der Waals surface area contributed by atoms with Crippen LogP contribution in [0.2, 0.25) is 0 Å². The van der Waals surface area contributed by atoms with Crippen molar-refractivity contribution in [1.82, 2.24) is 0 Å². The molecule has 0 amide bonds. The maximum absolute atomic E-state index is 12.4. The van der Waals surface area contributed by atoms with Crippen LogP contribution in [0.5, 0.6) is 34.5 Å². The van der Waals surface area contributed by atoms with Gasteiger partial charge < -0.3 is 28.4 Å². The van der Waals surface area contributed by atoms with E-state index in [4.69, 9.17) is 28.4 Å². The lowest BCUT2D eigenvalue weighted by atomic mass is 10.1. The molecule has 0 atom stereocenters. The van der Waals surface area contributed by atoms with Gasteiger partial charge in [0.25, 0.3) is 0 Å². The molecule has 0 aromatic heterocycles. The molecule has 0 fully saturated rings. The first kappa shape index (κ1) is 22.7.